The summed E-state index contributed by atoms with van der Waals surface area (Å²) in [4.78, 5) is 2.04. The van der Waals surface area contributed by atoms with Crippen LogP contribution in [0.3, 0.4) is 0 Å². The predicted molar refractivity (Wildman–Crippen MR) is 87.2 cm³/mol. The third kappa shape index (κ3) is 4.03. The summed E-state index contributed by atoms with van der Waals surface area (Å²) in [6.07, 6.45) is 0. The molecule has 1 aromatic rings. The Bertz CT molecular complexity index is 569. The van der Waals surface area contributed by atoms with Crippen LogP contribution in [0.25, 0.3) is 0 Å². The second-order valence-electron chi connectivity index (χ2n) is 5.28. The molecule has 1 N–H and O–H groups in total. The first kappa shape index (κ1) is 16.9. The molecule has 1 aromatic heterocycles. The largest absolute Gasteiger partial charge is 0.465 e. The van der Waals surface area contributed by atoms with E-state index in [1.54, 1.807) is 18.7 Å². The van der Waals surface area contributed by atoms with Crippen molar-refractivity contribution in [2.24, 2.45) is 0 Å². The minimum atomic E-state index is -3.05. The van der Waals surface area contributed by atoms with Gasteiger partial charge in [0.15, 0.2) is 9.84 Å². The van der Waals surface area contributed by atoms with Gasteiger partial charge in [-0.1, -0.05) is 6.92 Å². The molecule has 1 atom stereocenters. The van der Waals surface area contributed by atoms with Gasteiger partial charge in [-0.3, -0.25) is 4.90 Å². The Morgan fingerprint density at radius 2 is 2.29 bits per heavy atom. The number of rotatable bonds is 6. The van der Waals surface area contributed by atoms with Crippen LogP contribution in [0.15, 0.2) is 10.5 Å². The zero-order valence-corrected chi connectivity index (χ0v) is 14.5. The minimum absolute atomic E-state index is 0.191. The third-order valence-corrected chi connectivity index (χ3v) is 7.14. The van der Waals surface area contributed by atoms with Gasteiger partial charge in [-0.25, -0.2) is 8.42 Å². The van der Waals surface area contributed by atoms with Crippen molar-refractivity contribution in [2.75, 3.05) is 30.9 Å². The molecule has 5 nitrogen and oxygen atoms in total. The van der Waals surface area contributed by atoms with Gasteiger partial charge in [0.2, 0.25) is 0 Å². The molecule has 2 rings (SSSR count). The molecule has 0 bridgehead atoms. The highest BCUT2D eigenvalue weighted by Gasteiger charge is 2.33. The fraction of sp³-hybridized carbons (Fsp3) is 0.714. The molecule has 0 aromatic carbocycles. The number of hydrogen-bond donors (Lipinski definition) is 1. The first-order chi connectivity index (χ1) is 9.97. The molecule has 1 unspecified atom stereocenters. The zero-order chi connectivity index (χ0) is 15.5. The zero-order valence-electron chi connectivity index (χ0n) is 12.9. The van der Waals surface area contributed by atoms with Gasteiger partial charge in [0.1, 0.15) is 16.9 Å². The molecule has 1 saturated heterocycles. The van der Waals surface area contributed by atoms with E-state index < -0.39 is 9.84 Å². The van der Waals surface area contributed by atoms with E-state index >= 15 is 0 Å². The van der Waals surface area contributed by atoms with E-state index in [4.69, 9.17) is 4.42 Å². The molecular weight excluding hydrogens is 308 g/mol. The topological polar surface area (TPSA) is 62.6 Å². The molecule has 1 aliphatic heterocycles. The van der Waals surface area contributed by atoms with Crippen LogP contribution in [0.4, 0.5) is 0 Å². The highest BCUT2D eigenvalue weighted by Crippen LogP contribution is 2.25. The predicted octanol–water partition coefficient (Wildman–Crippen LogP) is 1.62. The van der Waals surface area contributed by atoms with E-state index in [1.165, 1.54) is 0 Å². The average molecular weight is 332 g/mol. The van der Waals surface area contributed by atoms with Crippen LogP contribution in [0.1, 0.15) is 24.0 Å². The molecule has 2 heterocycles. The maximum Gasteiger partial charge on any atom is 0.166 e. The van der Waals surface area contributed by atoms with Crippen LogP contribution in [0.2, 0.25) is 0 Å². The molecule has 7 heteroatoms. The fourth-order valence-electron chi connectivity index (χ4n) is 2.55. The van der Waals surface area contributed by atoms with Gasteiger partial charge in [0, 0.05) is 35.9 Å². The highest BCUT2D eigenvalue weighted by atomic mass is 32.2. The van der Waals surface area contributed by atoms with Crippen molar-refractivity contribution < 1.29 is 12.8 Å². The molecular formula is C14H24N2O3S2. The van der Waals surface area contributed by atoms with Crippen molar-refractivity contribution in [3.63, 3.8) is 0 Å². The molecule has 21 heavy (non-hydrogen) atoms. The fourth-order valence-corrected chi connectivity index (χ4v) is 5.63. The lowest BCUT2D eigenvalue weighted by atomic mass is 10.2. The Balaban J connectivity index is 2.14. The van der Waals surface area contributed by atoms with Crippen LogP contribution < -0.4 is 5.32 Å². The number of nitrogens with one attached hydrogen (secondary N) is 1. The lowest BCUT2D eigenvalue weighted by Crippen LogP contribution is -2.47. The van der Waals surface area contributed by atoms with Gasteiger partial charge < -0.3 is 9.73 Å². The third-order valence-electron chi connectivity index (χ3n) is 3.81. The van der Waals surface area contributed by atoms with Crippen molar-refractivity contribution in [1.29, 1.82) is 0 Å². The van der Waals surface area contributed by atoms with Crippen molar-refractivity contribution >= 4 is 21.6 Å². The summed E-state index contributed by atoms with van der Waals surface area (Å²) < 4.78 is 30.2. The van der Waals surface area contributed by atoms with Gasteiger partial charge in [0.25, 0.3) is 0 Å². The van der Waals surface area contributed by atoms with Gasteiger partial charge in [-0.15, -0.1) is 0 Å². The van der Waals surface area contributed by atoms with E-state index in [-0.39, 0.29) is 11.1 Å². The Kier molecular flexibility index (Phi) is 5.76. The molecule has 0 spiro atoms. The molecule has 0 saturated carbocycles. The van der Waals surface area contributed by atoms with E-state index in [2.05, 4.69) is 5.32 Å². The smallest absolute Gasteiger partial charge is 0.166 e. The summed E-state index contributed by atoms with van der Waals surface area (Å²) in [6, 6.07) is 2.03. The van der Waals surface area contributed by atoms with Gasteiger partial charge >= 0.3 is 0 Å². The van der Waals surface area contributed by atoms with Crippen molar-refractivity contribution in [2.45, 2.75) is 32.3 Å². The SMILES string of the molecule is CCS(=O)(=O)C1CSCCN1Cc1cc(CNC)c(C)o1. The van der Waals surface area contributed by atoms with Crippen LogP contribution in [-0.4, -0.2) is 49.5 Å². The van der Waals surface area contributed by atoms with Crippen LogP contribution in [-0.2, 0) is 22.9 Å². The first-order valence-corrected chi connectivity index (χ1v) is 10.1. The Morgan fingerprint density at radius 1 is 1.52 bits per heavy atom. The van der Waals surface area contributed by atoms with Crippen molar-refractivity contribution in [1.82, 2.24) is 10.2 Å². The van der Waals surface area contributed by atoms with Crippen molar-refractivity contribution in [3.8, 4) is 0 Å². The van der Waals surface area contributed by atoms with E-state index in [9.17, 15) is 8.42 Å². The van der Waals surface area contributed by atoms with Gasteiger partial charge in [0.05, 0.1) is 6.54 Å². The normalized spacial score (nSPS) is 20.8. The molecule has 0 radical (unpaired) electrons. The van der Waals surface area contributed by atoms with Gasteiger partial charge in [-0.05, 0) is 20.0 Å². The lowest BCUT2D eigenvalue weighted by Gasteiger charge is -2.33. The summed E-state index contributed by atoms with van der Waals surface area (Å²) >= 11 is 1.71. The summed E-state index contributed by atoms with van der Waals surface area (Å²) in [5.41, 5.74) is 1.13. The molecule has 0 aliphatic carbocycles. The summed E-state index contributed by atoms with van der Waals surface area (Å²) in [5.74, 6) is 3.57. The van der Waals surface area contributed by atoms with Crippen molar-refractivity contribution in [3.05, 3.63) is 23.2 Å². The maximum absolute atomic E-state index is 12.2. The Labute approximate surface area is 131 Å². The lowest BCUT2D eigenvalue weighted by molar-refractivity contribution is 0.238. The number of aryl methyl sites for hydroxylation is 1. The van der Waals surface area contributed by atoms with E-state index in [0.29, 0.717) is 12.3 Å². The van der Waals surface area contributed by atoms with Gasteiger partial charge in [-0.2, -0.15) is 11.8 Å². The van der Waals surface area contributed by atoms with Crippen LogP contribution in [0, 0.1) is 6.92 Å². The number of nitrogens with zero attached hydrogens (tertiary/aromatic N) is 1. The quantitative estimate of drug-likeness (QED) is 0.854. The second kappa shape index (κ2) is 7.17. The molecule has 120 valence electrons. The number of sulfone groups is 1. The maximum atomic E-state index is 12.2. The monoisotopic (exact) mass is 332 g/mol. The minimum Gasteiger partial charge on any atom is -0.465 e. The Morgan fingerprint density at radius 3 is 2.95 bits per heavy atom. The first-order valence-electron chi connectivity index (χ1n) is 7.24. The molecule has 1 aliphatic rings. The molecule has 0 amide bonds. The molecule has 1 fully saturated rings. The Hall–Kier alpha value is -0.500. The summed E-state index contributed by atoms with van der Waals surface area (Å²) in [5, 5.41) is 2.72. The van der Waals surface area contributed by atoms with Crippen LogP contribution >= 0.6 is 11.8 Å². The standard InChI is InChI=1S/C14H24N2O3S2/c1-4-21(17,18)14-10-20-6-5-16(14)9-13-7-12(8-15-3)11(2)19-13/h7,14-15H,4-6,8-10H2,1-3H3. The second-order valence-corrected chi connectivity index (χ2v) is 8.87. The number of thioether (sulfide) groups is 1. The van der Waals surface area contributed by atoms with Crippen LogP contribution in [0.5, 0.6) is 0 Å². The van der Waals surface area contributed by atoms with E-state index in [0.717, 1.165) is 35.9 Å². The van der Waals surface area contributed by atoms with E-state index in [1.807, 2.05) is 24.9 Å². The average Bonchev–Trinajstić information content (AvgIpc) is 2.80. The number of furan rings is 1. The summed E-state index contributed by atoms with van der Waals surface area (Å²) in [7, 11) is -1.15. The highest BCUT2D eigenvalue weighted by molar-refractivity contribution is 8.01. The number of hydrogen-bond acceptors (Lipinski definition) is 6. The summed E-state index contributed by atoms with van der Waals surface area (Å²) in [6.45, 7) is 5.78.